The molecule has 1 aliphatic heterocycles. The second kappa shape index (κ2) is 5.48. The Labute approximate surface area is 108 Å². The van der Waals surface area contributed by atoms with Crippen molar-refractivity contribution in [1.82, 2.24) is 9.88 Å². The molecule has 1 amide bonds. The molecule has 0 spiro atoms. The third-order valence-electron chi connectivity index (χ3n) is 3.37. The standard InChI is InChI=1S/C14H20N2O2/c1-10-6-12(9-15-8-10)14(18)16-5-3-4-13(16)7-11(2)17/h6,8-9,11,13,17H,3-5,7H2,1-2H3. The summed E-state index contributed by atoms with van der Waals surface area (Å²) >= 11 is 0. The van der Waals surface area contributed by atoms with Gasteiger partial charge in [-0.3, -0.25) is 9.78 Å². The Morgan fingerprint density at radius 2 is 2.39 bits per heavy atom. The van der Waals surface area contributed by atoms with Crippen LogP contribution in [-0.4, -0.2) is 39.6 Å². The molecule has 0 aromatic carbocycles. The predicted octanol–water partition coefficient (Wildman–Crippen LogP) is 1.77. The molecule has 1 aromatic rings. The van der Waals surface area contributed by atoms with E-state index in [1.165, 1.54) is 0 Å². The van der Waals surface area contributed by atoms with E-state index in [0.717, 1.165) is 24.9 Å². The van der Waals surface area contributed by atoms with Crippen LogP contribution in [0.25, 0.3) is 0 Å². The van der Waals surface area contributed by atoms with Crippen LogP contribution in [0.15, 0.2) is 18.5 Å². The lowest BCUT2D eigenvalue weighted by Crippen LogP contribution is -2.37. The first kappa shape index (κ1) is 13.0. The fourth-order valence-electron chi connectivity index (χ4n) is 2.58. The molecule has 4 nitrogen and oxygen atoms in total. The lowest BCUT2D eigenvalue weighted by Gasteiger charge is -2.25. The van der Waals surface area contributed by atoms with Gasteiger partial charge in [-0.2, -0.15) is 0 Å². The van der Waals surface area contributed by atoms with Gasteiger partial charge in [0.25, 0.3) is 5.91 Å². The van der Waals surface area contributed by atoms with Crippen molar-refractivity contribution in [3.8, 4) is 0 Å². The topological polar surface area (TPSA) is 53.4 Å². The second-order valence-corrected chi connectivity index (χ2v) is 5.13. The van der Waals surface area contributed by atoms with Gasteiger partial charge in [0.15, 0.2) is 0 Å². The number of carbonyl (C=O) groups excluding carboxylic acids is 1. The van der Waals surface area contributed by atoms with Gasteiger partial charge in [0.1, 0.15) is 0 Å². The number of carbonyl (C=O) groups is 1. The van der Waals surface area contributed by atoms with Gasteiger partial charge in [-0.1, -0.05) is 0 Å². The molecule has 2 rings (SSSR count). The molecule has 1 N–H and O–H groups in total. The third kappa shape index (κ3) is 2.88. The Morgan fingerprint density at radius 3 is 3.06 bits per heavy atom. The Balaban J connectivity index is 2.12. The van der Waals surface area contributed by atoms with Crippen LogP contribution in [0.2, 0.25) is 0 Å². The van der Waals surface area contributed by atoms with Gasteiger partial charge in [-0.15, -0.1) is 0 Å². The van der Waals surface area contributed by atoms with Crippen LogP contribution in [0.3, 0.4) is 0 Å². The van der Waals surface area contributed by atoms with Gasteiger partial charge in [0, 0.05) is 25.0 Å². The molecule has 0 radical (unpaired) electrons. The molecule has 4 heteroatoms. The molecule has 2 atom stereocenters. The van der Waals surface area contributed by atoms with E-state index in [1.54, 1.807) is 19.3 Å². The van der Waals surface area contributed by atoms with Gasteiger partial charge in [-0.05, 0) is 44.7 Å². The highest BCUT2D eigenvalue weighted by molar-refractivity contribution is 5.94. The monoisotopic (exact) mass is 248 g/mol. The number of hydrogen-bond acceptors (Lipinski definition) is 3. The molecular formula is C14H20N2O2. The molecule has 1 saturated heterocycles. The highest BCUT2D eigenvalue weighted by atomic mass is 16.3. The van der Waals surface area contributed by atoms with Gasteiger partial charge in [0.2, 0.25) is 0 Å². The summed E-state index contributed by atoms with van der Waals surface area (Å²) in [5, 5.41) is 9.48. The lowest BCUT2D eigenvalue weighted by molar-refractivity contribution is 0.0681. The highest BCUT2D eigenvalue weighted by Crippen LogP contribution is 2.23. The van der Waals surface area contributed by atoms with Crippen LogP contribution in [0.1, 0.15) is 42.1 Å². The molecule has 98 valence electrons. The molecule has 1 aliphatic rings. The maximum absolute atomic E-state index is 12.4. The molecule has 0 saturated carbocycles. The number of pyridine rings is 1. The molecule has 1 aromatic heterocycles. The number of aliphatic hydroxyl groups excluding tert-OH is 1. The van der Waals surface area contributed by atoms with E-state index in [4.69, 9.17) is 0 Å². The summed E-state index contributed by atoms with van der Waals surface area (Å²) in [4.78, 5) is 18.3. The second-order valence-electron chi connectivity index (χ2n) is 5.13. The fourth-order valence-corrected chi connectivity index (χ4v) is 2.58. The van der Waals surface area contributed by atoms with Crippen molar-refractivity contribution in [2.24, 2.45) is 0 Å². The molecular weight excluding hydrogens is 228 g/mol. The zero-order valence-corrected chi connectivity index (χ0v) is 11.0. The van der Waals surface area contributed by atoms with Crippen molar-refractivity contribution >= 4 is 5.91 Å². The van der Waals surface area contributed by atoms with E-state index in [-0.39, 0.29) is 18.1 Å². The van der Waals surface area contributed by atoms with Crippen molar-refractivity contribution in [1.29, 1.82) is 0 Å². The summed E-state index contributed by atoms with van der Waals surface area (Å²) in [6, 6.07) is 2.03. The minimum absolute atomic E-state index is 0.0364. The Kier molecular flexibility index (Phi) is 3.97. The Hall–Kier alpha value is -1.42. The maximum atomic E-state index is 12.4. The zero-order valence-electron chi connectivity index (χ0n) is 11.0. The lowest BCUT2D eigenvalue weighted by atomic mass is 10.1. The van der Waals surface area contributed by atoms with E-state index in [0.29, 0.717) is 12.0 Å². The van der Waals surface area contributed by atoms with Gasteiger partial charge >= 0.3 is 0 Å². The van der Waals surface area contributed by atoms with Crippen molar-refractivity contribution in [2.75, 3.05) is 6.54 Å². The highest BCUT2D eigenvalue weighted by Gasteiger charge is 2.30. The Bertz CT molecular complexity index is 432. The average molecular weight is 248 g/mol. The molecule has 2 heterocycles. The predicted molar refractivity (Wildman–Crippen MR) is 69.3 cm³/mol. The minimum Gasteiger partial charge on any atom is -0.393 e. The number of aliphatic hydroxyl groups is 1. The molecule has 18 heavy (non-hydrogen) atoms. The van der Waals surface area contributed by atoms with Gasteiger partial charge < -0.3 is 10.0 Å². The van der Waals surface area contributed by atoms with Crippen LogP contribution < -0.4 is 0 Å². The number of nitrogens with zero attached hydrogens (tertiary/aromatic N) is 2. The van der Waals surface area contributed by atoms with E-state index in [1.807, 2.05) is 17.9 Å². The quantitative estimate of drug-likeness (QED) is 0.887. The average Bonchev–Trinajstić information content (AvgIpc) is 2.75. The van der Waals surface area contributed by atoms with Crippen LogP contribution in [0.5, 0.6) is 0 Å². The third-order valence-corrected chi connectivity index (χ3v) is 3.37. The SMILES string of the molecule is Cc1cncc(C(=O)N2CCCC2CC(C)O)c1. The summed E-state index contributed by atoms with van der Waals surface area (Å²) in [6.45, 7) is 4.49. The fraction of sp³-hybridized carbons (Fsp3) is 0.571. The summed E-state index contributed by atoms with van der Waals surface area (Å²) in [6.07, 6.45) is 5.66. The van der Waals surface area contributed by atoms with E-state index >= 15 is 0 Å². The minimum atomic E-state index is -0.362. The number of aromatic nitrogens is 1. The zero-order chi connectivity index (χ0) is 13.1. The largest absolute Gasteiger partial charge is 0.393 e. The number of likely N-dealkylation sites (tertiary alicyclic amines) is 1. The molecule has 2 unspecified atom stereocenters. The summed E-state index contributed by atoms with van der Waals surface area (Å²) in [5.74, 6) is 0.0364. The number of amides is 1. The van der Waals surface area contributed by atoms with Gasteiger partial charge in [-0.25, -0.2) is 0 Å². The normalized spacial score (nSPS) is 21.1. The summed E-state index contributed by atoms with van der Waals surface area (Å²) in [7, 11) is 0. The summed E-state index contributed by atoms with van der Waals surface area (Å²) < 4.78 is 0. The van der Waals surface area contributed by atoms with Crippen molar-refractivity contribution < 1.29 is 9.90 Å². The van der Waals surface area contributed by atoms with Crippen LogP contribution >= 0.6 is 0 Å². The van der Waals surface area contributed by atoms with E-state index in [9.17, 15) is 9.90 Å². The molecule has 1 fully saturated rings. The van der Waals surface area contributed by atoms with Crippen LogP contribution in [0.4, 0.5) is 0 Å². The molecule has 0 bridgehead atoms. The van der Waals surface area contributed by atoms with Gasteiger partial charge in [0.05, 0.1) is 11.7 Å². The van der Waals surface area contributed by atoms with E-state index in [2.05, 4.69) is 4.98 Å². The number of aryl methyl sites for hydroxylation is 1. The number of hydrogen-bond donors (Lipinski definition) is 1. The first-order chi connectivity index (χ1) is 8.58. The van der Waals surface area contributed by atoms with Crippen molar-refractivity contribution in [2.45, 2.75) is 45.3 Å². The first-order valence-corrected chi connectivity index (χ1v) is 6.48. The van der Waals surface area contributed by atoms with Crippen molar-refractivity contribution in [3.05, 3.63) is 29.6 Å². The Morgan fingerprint density at radius 1 is 1.61 bits per heavy atom. The van der Waals surface area contributed by atoms with Crippen molar-refractivity contribution in [3.63, 3.8) is 0 Å². The smallest absolute Gasteiger partial charge is 0.255 e. The maximum Gasteiger partial charge on any atom is 0.255 e. The summed E-state index contributed by atoms with van der Waals surface area (Å²) in [5.41, 5.74) is 1.64. The molecule has 0 aliphatic carbocycles. The van der Waals surface area contributed by atoms with Crippen LogP contribution in [0, 0.1) is 6.92 Å². The van der Waals surface area contributed by atoms with E-state index < -0.39 is 0 Å². The first-order valence-electron chi connectivity index (χ1n) is 6.48. The number of rotatable bonds is 3. The van der Waals surface area contributed by atoms with Crippen LogP contribution in [-0.2, 0) is 0 Å².